The predicted molar refractivity (Wildman–Crippen MR) is 77.4 cm³/mol. The molecule has 0 aliphatic heterocycles. The molecule has 0 radical (unpaired) electrons. The van der Waals surface area contributed by atoms with Gasteiger partial charge in [-0.05, 0) is 30.4 Å². The van der Waals surface area contributed by atoms with E-state index < -0.39 is 23.0 Å². The largest absolute Gasteiger partial charge is 0.481 e. The first kappa shape index (κ1) is 16.4. The Morgan fingerprint density at radius 2 is 1.77 bits per heavy atom. The van der Waals surface area contributed by atoms with Crippen molar-refractivity contribution in [3.8, 4) is 0 Å². The van der Waals surface area contributed by atoms with E-state index in [0.717, 1.165) is 31.4 Å². The number of halogens is 2. The van der Waals surface area contributed by atoms with Gasteiger partial charge in [-0.3, -0.25) is 9.59 Å². The molecule has 120 valence electrons. The Bertz CT molecular complexity index is 569. The molecule has 2 N–H and O–H groups in total. The van der Waals surface area contributed by atoms with Crippen molar-refractivity contribution >= 4 is 17.6 Å². The molecule has 1 aromatic rings. The van der Waals surface area contributed by atoms with Gasteiger partial charge in [-0.1, -0.05) is 19.3 Å². The smallest absolute Gasteiger partial charge is 0.303 e. The summed E-state index contributed by atoms with van der Waals surface area (Å²) in [5.41, 5.74) is -0.364. The van der Waals surface area contributed by atoms with Gasteiger partial charge in [0.15, 0.2) is 11.6 Å². The van der Waals surface area contributed by atoms with Crippen LogP contribution in [0.25, 0.3) is 0 Å². The monoisotopic (exact) mass is 311 g/mol. The Hall–Kier alpha value is -1.98. The Morgan fingerprint density at radius 3 is 2.36 bits per heavy atom. The molecule has 0 bridgehead atoms. The fourth-order valence-electron chi connectivity index (χ4n) is 3.16. The molecule has 1 aliphatic rings. The second-order valence-electron chi connectivity index (χ2n) is 5.99. The Balaban J connectivity index is 2.04. The van der Waals surface area contributed by atoms with Gasteiger partial charge in [-0.25, -0.2) is 8.78 Å². The number of benzene rings is 1. The van der Waals surface area contributed by atoms with E-state index in [-0.39, 0.29) is 24.4 Å². The first-order valence-corrected chi connectivity index (χ1v) is 7.37. The molecule has 22 heavy (non-hydrogen) atoms. The van der Waals surface area contributed by atoms with Crippen molar-refractivity contribution in [3.63, 3.8) is 0 Å². The molecule has 1 amide bonds. The predicted octanol–water partition coefficient (Wildman–Crippen LogP) is 3.72. The number of hydrogen-bond donors (Lipinski definition) is 2. The van der Waals surface area contributed by atoms with Gasteiger partial charge in [0.05, 0.1) is 6.42 Å². The van der Waals surface area contributed by atoms with Gasteiger partial charge in [-0.2, -0.15) is 0 Å². The minimum Gasteiger partial charge on any atom is -0.481 e. The SMILES string of the molecule is O=C(O)CC1(CC(=O)Nc2ccc(F)c(F)c2)CCCCC1. The second-order valence-corrected chi connectivity index (χ2v) is 5.99. The molecule has 1 aromatic carbocycles. The highest BCUT2D eigenvalue weighted by Gasteiger charge is 2.36. The summed E-state index contributed by atoms with van der Waals surface area (Å²) in [6.07, 6.45) is 4.30. The van der Waals surface area contributed by atoms with Crippen molar-refractivity contribution in [1.82, 2.24) is 0 Å². The Morgan fingerprint density at radius 1 is 1.09 bits per heavy atom. The molecule has 0 aromatic heterocycles. The van der Waals surface area contributed by atoms with Crippen LogP contribution in [0.2, 0.25) is 0 Å². The van der Waals surface area contributed by atoms with E-state index in [1.165, 1.54) is 6.07 Å². The maximum Gasteiger partial charge on any atom is 0.303 e. The van der Waals surface area contributed by atoms with Gasteiger partial charge >= 0.3 is 5.97 Å². The van der Waals surface area contributed by atoms with Gasteiger partial charge in [0.25, 0.3) is 0 Å². The maximum absolute atomic E-state index is 13.1. The van der Waals surface area contributed by atoms with Crippen molar-refractivity contribution in [3.05, 3.63) is 29.8 Å². The third-order valence-electron chi connectivity index (χ3n) is 4.18. The molecule has 0 unspecified atom stereocenters. The highest BCUT2D eigenvalue weighted by molar-refractivity contribution is 5.91. The van der Waals surface area contributed by atoms with Gasteiger partial charge in [-0.15, -0.1) is 0 Å². The maximum atomic E-state index is 13.1. The van der Waals surface area contributed by atoms with Gasteiger partial charge in [0.2, 0.25) is 5.91 Å². The van der Waals surface area contributed by atoms with Crippen LogP contribution in [0.4, 0.5) is 14.5 Å². The zero-order chi connectivity index (χ0) is 16.2. The lowest BCUT2D eigenvalue weighted by atomic mass is 9.69. The zero-order valence-corrected chi connectivity index (χ0v) is 12.2. The summed E-state index contributed by atoms with van der Waals surface area (Å²) in [7, 11) is 0. The van der Waals surface area contributed by atoms with Crippen molar-refractivity contribution in [2.45, 2.75) is 44.9 Å². The summed E-state index contributed by atoms with van der Waals surface area (Å²) in [6, 6.07) is 3.14. The molecule has 1 saturated carbocycles. The van der Waals surface area contributed by atoms with Crippen LogP contribution in [0, 0.1) is 17.0 Å². The zero-order valence-electron chi connectivity index (χ0n) is 12.2. The summed E-state index contributed by atoms with van der Waals surface area (Å²) >= 11 is 0. The van der Waals surface area contributed by atoms with Crippen molar-refractivity contribution in [1.29, 1.82) is 0 Å². The van der Waals surface area contributed by atoms with E-state index in [9.17, 15) is 18.4 Å². The quantitative estimate of drug-likeness (QED) is 0.871. The van der Waals surface area contributed by atoms with Crippen LogP contribution in [0.15, 0.2) is 18.2 Å². The molecule has 6 heteroatoms. The topological polar surface area (TPSA) is 66.4 Å². The normalized spacial score (nSPS) is 17.0. The van der Waals surface area contributed by atoms with Crippen LogP contribution >= 0.6 is 0 Å². The number of carbonyl (C=O) groups is 2. The van der Waals surface area contributed by atoms with E-state index in [2.05, 4.69) is 5.32 Å². The van der Waals surface area contributed by atoms with Gasteiger partial charge in [0.1, 0.15) is 0 Å². The van der Waals surface area contributed by atoms with Crippen LogP contribution in [-0.2, 0) is 9.59 Å². The van der Waals surface area contributed by atoms with Crippen LogP contribution < -0.4 is 5.32 Å². The van der Waals surface area contributed by atoms with Crippen LogP contribution in [0.5, 0.6) is 0 Å². The number of rotatable bonds is 5. The molecule has 2 rings (SSSR count). The fourth-order valence-corrected chi connectivity index (χ4v) is 3.16. The van der Waals surface area contributed by atoms with Gasteiger partial charge in [0, 0.05) is 18.2 Å². The fraction of sp³-hybridized carbons (Fsp3) is 0.500. The van der Waals surface area contributed by atoms with Crippen LogP contribution in [0.3, 0.4) is 0 Å². The lowest BCUT2D eigenvalue weighted by Crippen LogP contribution is -2.32. The number of hydrogen-bond acceptors (Lipinski definition) is 2. The number of nitrogens with one attached hydrogen (secondary N) is 1. The highest BCUT2D eigenvalue weighted by atomic mass is 19.2. The number of aliphatic carboxylic acids is 1. The molecule has 1 aliphatic carbocycles. The van der Waals surface area contributed by atoms with E-state index in [1.54, 1.807) is 0 Å². The molecule has 4 nitrogen and oxygen atoms in total. The molecular formula is C16H19F2NO3. The Kier molecular flexibility index (Phi) is 5.11. The van der Waals surface area contributed by atoms with Gasteiger partial charge < -0.3 is 10.4 Å². The number of carbonyl (C=O) groups excluding carboxylic acids is 1. The summed E-state index contributed by atoms with van der Waals surface area (Å²) in [5, 5.41) is 11.6. The molecular weight excluding hydrogens is 292 g/mol. The molecule has 0 saturated heterocycles. The van der Waals surface area contributed by atoms with Crippen molar-refractivity contribution < 1.29 is 23.5 Å². The number of anilines is 1. The number of carboxylic acid groups (broad SMARTS) is 1. The molecule has 0 spiro atoms. The average molecular weight is 311 g/mol. The summed E-state index contributed by atoms with van der Waals surface area (Å²) in [5.74, 6) is -3.29. The van der Waals surface area contributed by atoms with E-state index in [4.69, 9.17) is 5.11 Å². The summed E-state index contributed by atoms with van der Waals surface area (Å²) in [4.78, 5) is 23.2. The van der Waals surface area contributed by atoms with E-state index in [1.807, 2.05) is 0 Å². The summed E-state index contributed by atoms with van der Waals surface area (Å²) in [6.45, 7) is 0. The van der Waals surface area contributed by atoms with Crippen LogP contribution in [-0.4, -0.2) is 17.0 Å². The molecule has 0 heterocycles. The van der Waals surface area contributed by atoms with E-state index in [0.29, 0.717) is 12.8 Å². The first-order valence-electron chi connectivity index (χ1n) is 7.37. The summed E-state index contributed by atoms with van der Waals surface area (Å²) < 4.78 is 26.0. The standard InChI is InChI=1S/C16H19F2NO3/c17-12-5-4-11(8-13(12)18)19-14(20)9-16(10-15(21)22)6-2-1-3-7-16/h4-5,8H,1-3,6-7,9-10H2,(H,19,20)(H,21,22). The van der Waals surface area contributed by atoms with Crippen molar-refractivity contribution in [2.24, 2.45) is 5.41 Å². The lowest BCUT2D eigenvalue weighted by Gasteiger charge is -2.35. The minimum atomic E-state index is -1.03. The Labute approximate surface area is 127 Å². The third kappa shape index (κ3) is 4.26. The molecule has 0 atom stereocenters. The second kappa shape index (κ2) is 6.85. The van der Waals surface area contributed by atoms with Crippen molar-refractivity contribution in [2.75, 3.05) is 5.32 Å². The first-order chi connectivity index (χ1) is 10.4. The lowest BCUT2D eigenvalue weighted by molar-refractivity contribution is -0.140. The number of carboxylic acids is 1. The number of amides is 1. The van der Waals surface area contributed by atoms with E-state index >= 15 is 0 Å². The minimum absolute atomic E-state index is 0.0435. The third-order valence-corrected chi connectivity index (χ3v) is 4.18. The van der Waals surface area contributed by atoms with Crippen LogP contribution in [0.1, 0.15) is 44.9 Å². The molecule has 1 fully saturated rings. The highest BCUT2D eigenvalue weighted by Crippen LogP contribution is 2.42. The average Bonchev–Trinajstić information content (AvgIpc) is 2.42.